The summed E-state index contributed by atoms with van der Waals surface area (Å²) < 4.78 is 0. The Kier molecular flexibility index (Phi) is 3.74. The molecule has 2 aliphatic heterocycles. The fourth-order valence-electron chi connectivity index (χ4n) is 3.64. The van der Waals surface area contributed by atoms with Crippen LogP contribution in [0.15, 0.2) is 30.3 Å². The molecule has 1 aromatic carbocycles. The third kappa shape index (κ3) is 2.11. The molecule has 0 aromatic heterocycles. The molecule has 0 radical (unpaired) electrons. The number of likely N-dealkylation sites (tertiary alicyclic amines) is 1. The van der Waals surface area contributed by atoms with Gasteiger partial charge in [0.2, 0.25) is 0 Å². The van der Waals surface area contributed by atoms with Gasteiger partial charge >= 0.3 is 0 Å². The SMILES string of the molecule is CN1C(=O)C2(CC(C#N)C(c3ccccc3)N2C)SC1(C)C=O. The van der Waals surface area contributed by atoms with Crippen LogP contribution >= 0.6 is 11.8 Å². The lowest BCUT2D eigenvalue weighted by Gasteiger charge is -2.32. The molecule has 0 saturated carbocycles. The Hall–Kier alpha value is -1.84. The van der Waals surface area contributed by atoms with Gasteiger partial charge in [0.05, 0.1) is 18.0 Å². The summed E-state index contributed by atoms with van der Waals surface area (Å²) in [5.74, 6) is -0.389. The summed E-state index contributed by atoms with van der Waals surface area (Å²) in [7, 11) is 3.54. The molecule has 0 aliphatic carbocycles. The molecule has 1 aromatic rings. The van der Waals surface area contributed by atoms with Crippen molar-refractivity contribution in [2.75, 3.05) is 14.1 Å². The highest BCUT2D eigenvalue weighted by atomic mass is 32.2. The molecule has 4 atom stereocenters. The summed E-state index contributed by atoms with van der Waals surface area (Å²) in [4.78, 5) is 26.2. The second kappa shape index (κ2) is 5.36. The van der Waals surface area contributed by atoms with Crippen LogP contribution in [-0.2, 0) is 9.59 Å². The maximum atomic E-state index is 12.9. The first-order valence-electron chi connectivity index (χ1n) is 7.52. The van der Waals surface area contributed by atoms with Crippen LogP contribution in [-0.4, -0.2) is 45.8 Å². The zero-order valence-electron chi connectivity index (χ0n) is 13.4. The van der Waals surface area contributed by atoms with E-state index in [9.17, 15) is 14.9 Å². The predicted molar refractivity (Wildman–Crippen MR) is 88.2 cm³/mol. The average Bonchev–Trinajstić information content (AvgIpc) is 2.96. The van der Waals surface area contributed by atoms with Gasteiger partial charge in [0.1, 0.15) is 4.87 Å². The summed E-state index contributed by atoms with van der Waals surface area (Å²) in [6, 6.07) is 12.0. The van der Waals surface area contributed by atoms with Gasteiger partial charge in [-0.2, -0.15) is 5.26 Å². The Morgan fingerprint density at radius 1 is 1.35 bits per heavy atom. The van der Waals surface area contributed by atoms with Crippen LogP contribution in [0.4, 0.5) is 0 Å². The lowest BCUT2D eigenvalue weighted by atomic mass is 9.94. The van der Waals surface area contributed by atoms with E-state index in [1.807, 2.05) is 42.3 Å². The van der Waals surface area contributed by atoms with E-state index in [1.165, 1.54) is 16.7 Å². The van der Waals surface area contributed by atoms with Gasteiger partial charge < -0.3 is 4.90 Å². The molecule has 0 bridgehead atoms. The summed E-state index contributed by atoms with van der Waals surface area (Å²) in [6.07, 6.45) is 1.24. The molecule has 2 aliphatic rings. The summed E-state index contributed by atoms with van der Waals surface area (Å²) in [5, 5.41) is 9.62. The normalized spacial score (nSPS) is 37.3. The predicted octanol–water partition coefficient (Wildman–Crippen LogP) is 2.02. The van der Waals surface area contributed by atoms with E-state index in [0.29, 0.717) is 6.42 Å². The number of carbonyl (C=O) groups is 2. The van der Waals surface area contributed by atoms with Crippen LogP contribution in [0.5, 0.6) is 0 Å². The van der Waals surface area contributed by atoms with Crippen LogP contribution in [0.25, 0.3) is 0 Å². The molecule has 120 valence electrons. The van der Waals surface area contributed by atoms with Crippen LogP contribution in [0, 0.1) is 17.2 Å². The minimum Gasteiger partial charge on any atom is -0.322 e. The van der Waals surface area contributed by atoms with Gasteiger partial charge in [0, 0.05) is 13.5 Å². The largest absolute Gasteiger partial charge is 0.322 e. The maximum absolute atomic E-state index is 12.9. The molecule has 2 fully saturated rings. The number of nitrogens with zero attached hydrogens (tertiary/aromatic N) is 3. The number of aldehydes is 1. The fourth-order valence-corrected chi connectivity index (χ4v) is 5.34. The average molecular weight is 329 g/mol. The minimum absolute atomic E-state index is 0.0988. The highest BCUT2D eigenvalue weighted by Crippen LogP contribution is 2.58. The molecule has 2 saturated heterocycles. The number of carbonyl (C=O) groups excluding carboxylic acids is 2. The van der Waals surface area contributed by atoms with Crippen LogP contribution < -0.4 is 0 Å². The molecular formula is C17H19N3O2S. The number of amides is 1. The topological polar surface area (TPSA) is 64.4 Å². The molecule has 4 unspecified atom stereocenters. The molecule has 23 heavy (non-hydrogen) atoms. The highest BCUT2D eigenvalue weighted by molar-refractivity contribution is 8.03. The second-order valence-corrected chi connectivity index (χ2v) is 8.04. The first-order chi connectivity index (χ1) is 10.9. The standard InChI is InChI=1S/C17H19N3O2S/c1-16(11-21)20(3)15(22)17(23-16)9-13(10-18)14(19(17)2)12-7-5-4-6-8-12/h4-8,11,13-14H,9H2,1-3H3. The molecule has 1 spiro atoms. The van der Waals surface area contributed by atoms with Crippen molar-refractivity contribution in [2.24, 2.45) is 5.92 Å². The quantitative estimate of drug-likeness (QED) is 0.777. The van der Waals surface area contributed by atoms with Gasteiger partial charge in [0.25, 0.3) is 5.91 Å². The minimum atomic E-state index is -0.892. The molecule has 6 heteroatoms. The van der Waals surface area contributed by atoms with Crippen molar-refractivity contribution in [3.05, 3.63) is 35.9 Å². The Morgan fingerprint density at radius 3 is 2.52 bits per heavy atom. The van der Waals surface area contributed by atoms with E-state index in [4.69, 9.17) is 0 Å². The van der Waals surface area contributed by atoms with E-state index in [-0.39, 0.29) is 17.9 Å². The third-order valence-corrected chi connectivity index (χ3v) is 6.82. The fraction of sp³-hybridized carbons (Fsp3) is 0.471. The van der Waals surface area contributed by atoms with Crippen molar-refractivity contribution in [2.45, 2.75) is 29.1 Å². The van der Waals surface area contributed by atoms with Gasteiger partial charge in [0.15, 0.2) is 11.2 Å². The van der Waals surface area contributed by atoms with E-state index in [0.717, 1.165) is 11.8 Å². The summed E-state index contributed by atoms with van der Waals surface area (Å²) in [5.41, 5.74) is 1.02. The Labute approximate surface area is 140 Å². The smallest absolute Gasteiger partial charge is 0.254 e. The van der Waals surface area contributed by atoms with E-state index >= 15 is 0 Å². The monoisotopic (exact) mass is 329 g/mol. The first kappa shape index (κ1) is 16.0. The van der Waals surface area contributed by atoms with Gasteiger partial charge in [-0.05, 0) is 19.5 Å². The molecule has 5 nitrogen and oxygen atoms in total. The number of thioether (sulfide) groups is 1. The number of hydrogen-bond donors (Lipinski definition) is 0. The third-order valence-electron chi connectivity index (χ3n) is 5.07. The number of likely N-dealkylation sites (N-methyl/N-ethyl adjacent to an activating group) is 2. The van der Waals surface area contributed by atoms with E-state index in [2.05, 4.69) is 6.07 Å². The number of benzene rings is 1. The van der Waals surface area contributed by atoms with E-state index < -0.39 is 9.74 Å². The maximum Gasteiger partial charge on any atom is 0.254 e. The van der Waals surface area contributed by atoms with Crippen molar-refractivity contribution in [1.29, 1.82) is 5.26 Å². The van der Waals surface area contributed by atoms with Crippen LogP contribution in [0.2, 0.25) is 0 Å². The van der Waals surface area contributed by atoms with Crippen molar-refractivity contribution >= 4 is 24.0 Å². The molecule has 0 N–H and O–H groups in total. The van der Waals surface area contributed by atoms with Crippen molar-refractivity contribution < 1.29 is 9.59 Å². The summed E-state index contributed by atoms with van der Waals surface area (Å²) in [6.45, 7) is 1.75. The molecular weight excluding hydrogens is 310 g/mol. The second-order valence-electron chi connectivity index (χ2n) is 6.33. The Balaban J connectivity index is 2.05. The first-order valence-corrected chi connectivity index (χ1v) is 8.33. The van der Waals surface area contributed by atoms with Crippen molar-refractivity contribution in [3.8, 4) is 6.07 Å². The van der Waals surface area contributed by atoms with Gasteiger partial charge in [-0.1, -0.05) is 42.1 Å². The molecule has 3 rings (SSSR count). The van der Waals surface area contributed by atoms with Gasteiger partial charge in [-0.25, -0.2) is 0 Å². The Bertz CT molecular complexity index is 689. The zero-order valence-corrected chi connectivity index (χ0v) is 14.2. The van der Waals surface area contributed by atoms with Crippen LogP contribution in [0.3, 0.4) is 0 Å². The lowest BCUT2D eigenvalue weighted by Crippen LogP contribution is -2.47. The highest BCUT2D eigenvalue weighted by Gasteiger charge is 2.65. The zero-order chi connectivity index (χ0) is 16.8. The van der Waals surface area contributed by atoms with Gasteiger partial charge in [-0.15, -0.1) is 0 Å². The van der Waals surface area contributed by atoms with Crippen LogP contribution in [0.1, 0.15) is 24.9 Å². The van der Waals surface area contributed by atoms with E-state index in [1.54, 1.807) is 14.0 Å². The van der Waals surface area contributed by atoms with Crippen molar-refractivity contribution in [3.63, 3.8) is 0 Å². The molecule has 2 heterocycles. The van der Waals surface area contributed by atoms with Gasteiger partial charge in [-0.3, -0.25) is 14.5 Å². The number of rotatable bonds is 2. The number of nitriles is 1. The molecule has 1 amide bonds. The Morgan fingerprint density at radius 2 is 2.00 bits per heavy atom. The van der Waals surface area contributed by atoms with Crippen molar-refractivity contribution in [1.82, 2.24) is 9.80 Å². The number of hydrogen-bond acceptors (Lipinski definition) is 5. The lowest BCUT2D eigenvalue weighted by molar-refractivity contribution is -0.138. The summed E-state index contributed by atoms with van der Waals surface area (Å²) >= 11 is 1.35.